The van der Waals surface area contributed by atoms with Crippen molar-refractivity contribution in [3.8, 4) is 17.3 Å². The molecule has 0 N–H and O–H groups in total. The summed E-state index contributed by atoms with van der Waals surface area (Å²) in [6.07, 6.45) is 1.94. The molecule has 0 spiro atoms. The van der Waals surface area contributed by atoms with Crippen LogP contribution in [0.1, 0.15) is 103 Å². The zero-order chi connectivity index (χ0) is 46.9. The topological polar surface area (TPSA) is 33.5 Å². The van der Waals surface area contributed by atoms with Gasteiger partial charge in [-0.1, -0.05) is 159 Å². The molecule has 0 bridgehead atoms. The third kappa shape index (κ3) is 8.56. The van der Waals surface area contributed by atoms with Crippen molar-refractivity contribution < 1.29 is 25.8 Å². The number of benzene rings is 7. The van der Waals surface area contributed by atoms with Crippen LogP contribution in [0.15, 0.2) is 170 Å². The van der Waals surface area contributed by atoms with E-state index in [0.29, 0.717) is 11.5 Å². The second-order valence-corrected chi connectivity index (χ2v) is 21.3. The number of pyridine rings is 1. The fourth-order valence-electron chi connectivity index (χ4n) is 9.46. The minimum atomic E-state index is -0.437. The molecule has 0 radical (unpaired) electrons. The van der Waals surface area contributed by atoms with Crippen molar-refractivity contribution in [1.82, 2.24) is 9.55 Å². The molecule has 346 valence electrons. The number of hydrogen-bond donors (Lipinski definition) is 0. The molecule has 3 heterocycles. The minimum absolute atomic E-state index is 0. The van der Waals surface area contributed by atoms with Crippen LogP contribution in [0.5, 0.6) is 11.5 Å². The van der Waals surface area contributed by atoms with Crippen LogP contribution in [0, 0.1) is 18.8 Å². The smallest absolute Gasteiger partial charge is 0.135 e. The number of aromatic nitrogens is 2. The molecule has 6 heteroatoms. The van der Waals surface area contributed by atoms with Crippen molar-refractivity contribution in [2.24, 2.45) is 0 Å². The number of anilines is 4. The van der Waals surface area contributed by atoms with Gasteiger partial charge in [0.2, 0.25) is 0 Å². The van der Waals surface area contributed by atoms with Crippen molar-refractivity contribution >= 4 is 44.6 Å². The molecule has 0 saturated heterocycles. The van der Waals surface area contributed by atoms with Crippen molar-refractivity contribution in [3.63, 3.8) is 0 Å². The average molecular weight is 1070 g/mol. The van der Waals surface area contributed by atoms with E-state index in [2.05, 4.69) is 248 Å². The van der Waals surface area contributed by atoms with Gasteiger partial charge in [-0.15, -0.1) is 48.1 Å². The summed E-state index contributed by atoms with van der Waals surface area (Å²) < 4.78 is 9.00. The first-order valence-corrected chi connectivity index (χ1v) is 23.4. The molecule has 0 saturated carbocycles. The van der Waals surface area contributed by atoms with E-state index in [9.17, 15) is 0 Å². The molecule has 2 aromatic heterocycles. The van der Waals surface area contributed by atoms with E-state index in [1.807, 2.05) is 24.4 Å². The number of rotatable bonds is 8. The average Bonchev–Trinajstić information content (AvgIpc) is 3.87. The normalized spacial score (nSPS) is 13.2. The predicted molar refractivity (Wildman–Crippen MR) is 279 cm³/mol. The van der Waals surface area contributed by atoms with E-state index in [1.54, 1.807) is 0 Å². The van der Waals surface area contributed by atoms with Crippen LogP contribution in [0.3, 0.4) is 0 Å². The minimum Gasteiger partial charge on any atom is -0.509 e. The number of nitrogens with zero attached hydrogens (tertiary/aromatic N) is 4. The van der Waals surface area contributed by atoms with E-state index in [1.165, 1.54) is 27.8 Å². The van der Waals surface area contributed by atoms with Crippen LogP contribution >= 0.6 is 0 Å². The molecule has 5 nitrogen and oxygen atoms in total. The van der Waals surface area contributed by atoms with Crippen LogP contribution in [0.2, 0.25) is 0 Å². The largest absolute Gasteiger partial charge is 0.509 e. The first-order valence-electron chi connectivity index (χ1n) is 23.4. The summed E-state index contributed by atoms with van der Waals surface area (Å²) in [6.45, 7) is 25.0. The Bertz CT molecular complexity index is 3210. The van der Waals surface area contributed by atoms with Gasteiger partial charge in [0.1, 0.15) is 5.82 Å². The van der Waals surface area contributed by atoms with Gasteiger partial charge in [0.15, 0.2) is 0 Å². The summed E-state index contributed by atoms with van der Waals surface area (Å²) in [5.74, 6) is 2.01. The molecule has 0 amide bonds. The first-order chi connectivity index (χ1) is 32.0. The fourth-order valence-corrected chi connectivity index (χ4v) is 9.46. The zero-order valence-electron chi connectivity index (χ0n) is 40.8. The quantitative estimate of drug-likeness (QED) is 0.142. The summed E-state index contributed by atoms with van der Waals surface area (Å²) in [6, 6.07) is 65.9. The molecular formula is C62H59N4OPt-3. The summed E-state index contributed by atoms with van der Waals surface area (Å²) in [7, 11) is 0. The van der Waals surface area contributed by atoms with Crippen LogP contribution in [-0.2, 0) is 42.7 Å². The van der Waals surface area contributed by atoms with Crippen LogP contribution < -0.4 is 14.5 Å². The van der Waals surface area contributed by atoms with Gasteiger partial charge in [0, 0.05) is 66.8 Å². The molecule has 1 aliphatic heterocycles. The van der Waals surface area contributed by atoms with Crippen molar-refractivity contribution in [2.45, 2.75) is 90.9 Å². The standard InChI is InChI=1S/C62H59N4O.Pt/c1-59(2,3)44-28-31-54-53(37-44)52-30-29-51(40-57(52)66(54)58-38-45(32-33-63-58)62(10,42-20-13-11-14-21-42)43-22-15-12-16-23-43)67-50-25-19-24-48(39-50)64-41-65(56-27-18-17-26-55(56)64)49-35-46(60(4,5)6)34-47(36-49)61(7,8)9;/h11-38,41H,1-10H3;/q-3;. The molecule has 0 atom stereocenters. The Morgan fingerprint density at radius 2 is 1.06 bits per heavy atom. The molecule has 68 heavy (non-hydrogen) atoms. The molecule has 9 aromatic rings. The van der Waals surface area contributed by atoms with E-state index < -0.39 is 5.41 Å². The maximum absolute atomic E-state index is 6.75. The Morgan fingerprint density at radius 3 is 1.68 bits per heavy atom. The number of ether oxygens (including phenoxy) is 1. The molecule has 10 rings (SSSR count). The van der Waals surface area contributed by atoms with Gasteiger partial charge < -0.3 is 19.1 Å². The predicted octanol–water partition coefficient (Wildman–Crippen LogP) is 16.2. The Balaban J connectivity index is 0.00000578. The van der Waals surface area contributed by atoms with E-state index in [-0.39, 0.29) is 37.3 Å². The first kappa shape index (κ1) is 46.7. The Hall–Kier alpha value is -6.42. The summed E-state index contributed by atoms with van der Waals surface area (Å²) >= 11 is 0. The summed E-state index contributed by atoms with van der Waals surface area (Å²) in [4.78, 5) is 9.60. The molecule has 1 aliphatic rings. The van der Waals surface area contributed by atoms with Gasteiger partial charge in [-0.25, -0.2) is 4.98 Å². The Morgan fingerprint density at radius 1 is 0.471 bits per heavy atom. The molecule has 0 fully saturated rings. The SMILES string of the molecule is CC(C)(C)c1cc(N2[CH-]N(c3[c-]c(Oc4[c-]c5c(cc4)c4cc(C(C)(C)C)ccc4n5-c4cc(C(C)(c5ccccc5)c5ccccc5)ccn4)ccc3)c3ccccc32)cc(C(C)(C)C)c1.[Pt]. The Labute approximate surface area is 417 Å². The second kappa shape index (κ2) is 17.6. The van der Waals surface area contributed by atoms with Gasteiger partial charge >= 0.3 is 0 Å². The fraction of sp³-hybridized carbons (Fsp3) is 0.226. The van der Waals surface area contributed by atoms with Crippen molar-refractivity contribution in [3.05, 3.63) is 222 Å². The summed E-state index contributed by atoms with van der Waals surface area (Å²) in [5.41, 5.74) is 13.1. The Kier molecular flexibility index (Phi) is 12.1. The van der Waals surface area contributed by atoms with Gasteiger partial charge in [0.25, 0.3) is 0 Å². The second-order valence-electron chi connectivity index (χ2n) is 21.3. The third-order valence-corrected chi connectivity index (χ3v) is 13.6. The van der Waals surface area contributed by atoms with Crippen LogP contribution in [0.25, 0.3) is 27.6 Å². The molecule has 0 unspecified atom stereocenters. The van der Waals surface area contributed by atoms with Gasteiger partial charge in [-0.05, 0) is 104 Å². The number of fused-ring (bicyclic) bond motifs is 4. The maximum atomic E-state index is 6.75. The number of hydrogen-bond acceptors (Lipinski definition) is 4. The maximum Gasteiger partial charge on any atom is 0.135 e. The van der Waals surface area contributed by atoms with Crippen LogP contribution in [0.4, 0.5) is 22.7 Å². The van der Waals surface area contributed by atoms with Gasteiger partial charge in [0.05, 0.1) is 0 Å². The van der Waals surface area contributed by atoms with E-state index >= 15 is 0 Å². The third-order valence-electron chi connectivity index (χ3n) is 13.6. The zero-order valence-corrected chi connectivity index (χ0v) is 43.0. The van der Waals surface area contributed by atoms with Crippen molar-refractivity contribution in [2.75, 3.05) is 9.80 Å². The van der Waals surface area contributed by atoms with Crippen LogP contribution in [-0.4, -0.2) is 9.55 Å². The van der Waals surface area contributed by atoms with Gasteiger partial charge in [-0.2, -0.15) is 12.1 Å². The monoisotopic (exact) mass is 1070 g/mol. The summed E-state index contributed by atoms with van der Waals surface area (Å²) in [5, 5.41) is 2.23. The van der Waals surface area contributed by atoms with Gasteiger partial charge in [-0.3, -0.25) is 0 Å². The molecular weight excluding hydrogens is 1010 g/mol. The number of para-hydroxylation sites is 2. The van der Waals surface area contributed by atoms with Crippen molar-refractivity contribution in [1.29, 1.82) is 0 Å². The van der Waals surface area contributed by atoms with E-state index in [4.69, 9.17) is 9.72 Å². The molecule has 0 aliphatic carbocycles. The van der Waals surface area contributed by atoms with E-state index in [0.717, 1.165) is 55.9 Å². The molecule has 7 aromatic carbocycles.